The molecule has 0 bridgehead atoms. The topological polar surface area (TPSA) is 67.6 Å². The summed E-state index contributed by atoms with van der Waals surface area (Å²) < 4.78 is 5.10. The van der Waals surface area contributed by atoms with E-state index in [9.17, 15) is 0 Å². The van der Waals surface area contributed by atoms with E-state index in [0.717, 1.165) is 0 Å². The first-order valence-corrected chi connectivity index (χ1v) is 4.63. The summed E-state index contributed by atoms with van der Waals surface area (Å²) in [6.45, 7) is 0. The molecular weight excluding hydrogens is 204 g/mol. The summed E-state index contributed by atoms with van der Waals surface area (Å²) in [5.41, 5.74) is 1.93. The fourth-order valence-electron chi connectivity index (χ4n) is 1.33. The van der Waals surface area contributed by atoms with Gasteiger partial charge in [-0.3, -0.25) is 0 Å². The van der Waals surface area contributed by atoms with Crippen LogP contribution in [-0.2, 0) is 0 Å². The van der Waals surface area contributed by atoms with Crippen LogP contribution >= 0.6 is 0 Å². The van der Waals surface area contributed by atoms with Gasteiger partial charge in [-0.25, -0.2) is 15.0 Å². The molecule has 0 unspecified atom stereocenters. The second-order valence-corrected chi connectivity index (χ2v) is 3.05. The SMILES string of the molecule is C(#Cc1ncnc2[nH]cnc12)c1ccco1. The van der Waals surface area contributed by atoms with Crippen LogP contribution in [0.25, 0.3) is 11.2 Å². The molecule has 0 aromatic carbocycles. The number of hydrogen-bond acceptors (Lipinski definition) is 4. The third kappa shape index (κ3) is 1.42. The number of nitrogens with one attached hydrogen (secondary N) is 1. The first-order chi connectivity index (χ1) is 7.93. The molecule has 16 heavy (non-hydrogen) atoms. The number of nitrogens with zero attached hydrogens (tertiary/aromatic N) is 3. The molecule has 5 heteroatoms. The molecule has 0 atom stereocenters. The summed E-state index contributed by atoms with van der Waals surface area (Å²) in [4.78, 5) is 15.1. The second kappa shape index (κ2) is 3.51. The molecule has 76 valence electrons. The van der Waals surface area contributed by atoms with Gasteiger partial charge < -0.3 is 9.40 Å². The summed E-state index contributed by atoms with van der Waals surface area (Å²) in [6, 6.07) is 3.57. The highest BCUT2D eigenvalue weighted by molar-refractivity contribution is 5.75. The summed E-state index contributed by atoms with van der Waals surface area (Å²) in [7, 11) is 0. The molecule has 3 heterocycles. The number of H-pyrrole nitrogens is 1. The molecular formula is C11H6N4O. The number of hydrogen-bond donors (Lipinski definition) is 1. The third-order valence-electron chi connectivity index (χ3n) is 2.04. The fraction of sp³-hybridized carbons (Fsp3) is 0. The van der Waals surface area contributed by atoms with Gasteiger partial charge in [0.05, 0.1) is 12.6 Å². The van der Waals surface area contributed by atoms with E-state index in [-0.39, 0.29) is 0 Å². The molecule has 0 spiro atoms. The molecule has 3 rings (SSSR count). The van der Waals surface area contributed by atoms with Crippen LogP contribution in [-0.4, -0.2) is 19.9 Å². The van der Waals surface area contributed by atoms with E-state index in [1.165, 1.54) is 6.33 Å². The minimum Gasteiger partial charge on any atom is -0.456 e. The van der Waals surface area contributed by atoms with E-state index < -0.39 is 0 Å². The Labute approximate surface area is 90.6 Å². The zero-order chi connectivity index (χ0) is 10.8. The number of fused-ring (bicyclic) bond motifs is 1. The predicted octanol–water partition coefficient (Wildman–Crippen LogP) is 1.35. The highest BCUT2D eigenvalue weighted by Gasteiger charge is 2.02. The summed E-state index contributed by atoms with van der Waals surface area (Å²) >= 11 is 0. The van der Waals surface area contributed by atoms with Crippen LogP contribution in [0.15, 0.2) is 35.5 Å². The van der Waals surface area contributed by atoms with Gasteiger partial charge in [-0.1, -0.05) is 0 Å². The average Bonchev–Trinajstić information content (AvgIpc) is 2.97. The lowest BCUT2D eigenvalue weighted by atomic mass is 10.3. The van der Waals surface area contributed by atoms with Crippen molar-refractivity contribution in [2.75, 3.05) is 0 Å². The Hall–Kier alpha value is -2.61. The Morgan fingerprint density at radius 2 is 2.19 bits per heavy atom. The van der Waals surface area contributed by atoms with E-state index in [1.54, 1.807) is 24.7 Å². The normalized spacial score (nSPS) is 10.0. The summed E-state index contributed by atoms with van der Waals surface area (Å²) in [6.07, 6.45) is 4.60. The Balaban J connectivity index is 2.10. The maximum Gasteiger partial charge on any atom is 0.177 e. The molecule has 3 aromatic rings. The van der Waals surface area contributed by atoms with Crippen molar-refractivity contribution in [3.8, 4) is 11.8 Å². The Morgan fingerprint density at radius 1 is 1.19 bits per heavy atom. The minimum absolute atomic E-state index is 0.586. The first kappa shape index (κ1) is 8.68. The zero-order valence-electron chi connectivity index (χ0n) is 8.14. The Kier molecular flexibility index (Phi) is 1.91. The number of imidazole rings is 1. The third-order valence-corrected chi connectivity index (χ3v) is 2.04. The van der Waals surface area contributed by atoms with Crippen molar-refractivity contribution in [1.82, 2.24) is 19.9 Å². The van der Waals surface area contributed by atoms with Gasteiger partial charge in [0, 0.05) is 0 Å². The van der Waals surface area contributed by atoms with Crippen molar-refractivity contribution in [2.45, 2.75) is 0 Å². The van der Waals surface area contributed by atoms with Crippen LogP contribution in [0.1, 0.15) is 11.5 Å². The van der Waals surface area contributed by atoms with Crippen molar-refractivity contribution < 1.29 is 4.42 Å². The lowest BCUT2D eigenvalue weighted by Gasteiger charge is -1.89. The molecule has 0 saturated carbocycles. The van der Waals surface area contributed by atoms with Crippen LogP contribution in [0, 0.1) is 11.8 Å². The first-order valence-electron chi connectivity index (χ1n) is 4.63. The fourth-order valence-corrected chi connectivity index (χ4v) is 1.33. The van der Waals surface area contributed by atoms with Gasteiger partial charge >= 0.3 is 0 Å². The predicted molar refractivity (Wildman–Crippen MR) is 56.4 cm³/mol. The van der Waals surface area contributed by atoms with E-state index >= 15 is 0 Å². The van der Waals surface area contributed by atoms with E-state index in [0.29, 0.717) is 22.6 Å². The van der Waals surface area contributed by atoms with Gasteiger partial charge in [0.2, 0.25) is 0 Å². The maximum absolute atomic E-state index is 5.10. The number of aromatic nitrogens is 4. The van der Waals surface area contributed by atoms with Crippen molar-refractivity contribution in [3.05, 3.63) is 42.5 Å². The van der Waals surface area contributed by atoms with Gasteiger partial charge in [-0.15, -0.1) is 0 Å². The average molecular weight is 210 g/mol. The van der Waals surface area contributed by atoms with Gasteiger partial charge in [0.25, 0.3) is 0 Å². The smallest absolute Gasteiger partial charge is 0.177 e. The van der Waals surface area contributed by atoms with Crippen molar-refractivity contribution in [1.29, 1.82) is 0 Å². The lowest BCUT2D eigenvalue weighted by molar-refractivity contribution is 0.554. The molecule has 0 aliphatic rings. The number of furan rings is 1. The summed E-state index contributed by atoms with van der Waals surface area (Å²) in [5, 5.41) is 0. The van der Waals surface area contributed by atoms with Crippen molar-refractivity contribution >= 4 is 11.2 Å². The van der Waals surface area contributed by atoms with E-state index in [2.05, 4.69) is 31.8 Å². The molecule has 0 amide bonds. The lowest BCUT2D eigenvalue weighted by Crippen LogP contribution is -1.87. The molecule has 0 radical (unpaired) electrons. The second-order valence-electron chi connectivity index (χ2n) is 3.05. The highest BCUT2D eigenvalue weighted by atomic mass is 16.3. The minimum atomic E-state index is 0.586. The van der Waals surface area contributed by atoms with Crippen molar-refractivity contribution in [2.24, 2.45) is 0 Å². The molecule has 0 saturated heterocycles. The summed E-state index contributed by atoms with van der Waals surface area (Å²) in [5.74, 6) is 6.36. The van der Waals surface area contributed by atoms with Crippen LogP contribution in [0.5, 0.6) is 0 Å². The molecule has 5 nitrogen and oxygen atoms in total. The quantitative estimate of drug-likeness (QED) is 0.568. The molecule has 3 aromatic heterocycles. The molecule has 0 aliphatic heterocycles. The zero-order valence-corrected chi connectivity index (χ0v) is 8.14. The standard InChI is InChI=1S/C11H6N4O/c1-2-8(16-5-1)3-4-9-10-11(14-6-12-9)15-7-13-10/h1-2,5-7H,(H,12,13,14,15). The van der Waals surface area contributed by atoms with E-state index in [4.69, 9.17) is 4.42 Å². The van der Waals surface area contributed by atoms with Crippen LogP contribution < -0.4 is 0 Å². The number of aromatic amines is 1. The molecule has 0 fully saturated rings. The molecule has 1 N–H and O–H groups in total. The van der Waals surface area contributed by atoms with Gasteiger partial charge in [0.15, 0.2) is 11.4 Å². The van der Waals surface area contributed by atoms with Crippen LogP contribution in [0.3, 0.4) is 0 Å². The largest absolute Gasteiger partial charge is 0.456 e. The van der Waals surface area contributed by atoms with Gasteiger partial charge in [0.1, 0.15) is 17.5 Å². The van der Waals surface area contributed by atoms with E-state index in [1.807, 2.05) is 0 Å². The Bertz CT molecular complexity index is 673. The molecule has 0 aliphatic carbocycles. The Morgan fingerprint density at radius 3 is 3.06 bits per heavy atom. The highest BCUT2D eigenvalue weighted by Crippen LogP contribution is 2.08. The maximum atomic E-state index is 5.10. The monoisotopic (exact) mass is 210 g/mol. The van der Waals surface area contributed by atoms with Gasteiger partial charge in [-0.05, 0) is 24.0 Å². The van der Waals surface area contributed by atoms with Gasteiger partial charge in [-0.2, -0.15) is 0 Å². The van der Waals surface area contributed by atoms with Crippen molar-refractivity contribution in [3.63, 3.8) is 0 Å². The number of rotatable bonds is 0. The van der Waals surface area contributed by atoms with Crippen LogP contribution in [0.4, 0.5) is 0 Å². The van der Waals surface area contributed by atoms with Crippen LogP contribution in [0.2, 0.25) is 0 Å².